The average molecular weight is 340 g/mol. The van der Waals surface area contributed by atoms with Crippen LogP contribution in [-0.4, -0.2) is 68.9 Å². The number of benzene rings is 1. The lowest BCUT2D eigenvalue weighted by atomic mass is 10.1. The maximum atomic E-state index is 12.7. The quantitative estimate of drug-likeness (QED) is 0.593. The highest BCUT2D eigenvalue weighted by molar-refractivity contribution is 7.89. The van der Waals surface area contributed by atoms with Gasteiger partial charge in [-0.25, -0.2) is 8.42 Å². The van der Waals surface area contributed by atoms with Gasteiger partial charge in [0.25, 0.3) is 5.69 Å². The largest absolute Gasteiger partial charge is 0.366 e. The van der Waals surface area contributed by atoms with Gasteiger partial charge in [0, 0.05) is 45.3 Å². The predicted octanol–water partition coefficient (Wildman–Crippen LogP) is 0.741. The molecule has 2 aliphatic rings. The number of nitro groups is 1. The number of sulfonamides is 1. The minimum Gasteiger partial charge on any atom is -0.366 e. The second kappa shape index (κ2) is 6.06. The van der Waals surface area contributed by atoms with Crippen molar-refractivity contribution in [3.63, 3.8) is 0 Å². The summed E-state index contributed by atoms with van der Waals surface area (Å²) >= 11 is 0. The number of rotatable bonds is 4. The Hall–Kier alpha value is -1.71. The normalized spacial score (nSPS) is 20.3. The van der Waals surface area contributed by atoms with Gasteiger partial charge in [-0.05, 0) is 25.6 Å². The van der Waals surface area contributed by atoms with E-state index in [-0.39, 0.29) is 10.6 Å². The van der Waals surface area contributed by atoms with Crippen molar-refractivity contribution >= 4 is 21.4 Å². The van der Waals surface area contributed by atoms with Crippen LogP contribution in [0.15, 0.2) is 23.1 Å². The Kier molecular flexibility index (Phi) is 4.26. The number of nitro benzene ring substituents is 1. The van der Waals surface area contributed by atoms with E-state index in [9.17, 15) is 18.5 Å². The van der Waals surface area contributed by atoms with Crippen LogP contribution in [0.4, 0.5) is 11.4 Å². The summed E-state index contributed by atoms with van der Waals surface area (Å²) in [6, 6.07) is 4.23. The van der Waals surface area contributed by atoms with Crippen molar-refractivity contribution in [2.75, 3.05) is 51.2 Å². The summed E-state index contributed by atoms with van der Waals surface area (Å²) < 4.78 is 26.8. The lowest BCUT2D eigenvalue weighted by Gasteiger charge is -2.33. The molecular formula is C14H20N4O4S. The molecule has 8 nitrogen and oxygen atoms in total. The van der Waals surface area contributed by atoms with Crippen LogP contribution in [0.5, 0.6) is 0 Å². The third kappa shape index (κ3) is 3.04. The van der Waals surface area contributed by atoms with E-state index >= 15 is 0 Å². The van der Waals surface area contributed by atoms with E-state index in [0.29, 0.717) is 31.9 Å². The monoisotopic (exact) mass is 340 g/mol. The molecule has 0 N–H and O–H groups in total. The number of likely N-dealkylation sites (N-methyl/N-ethyl adjacent to an activating group) is 1. The Morgan fingerprint density at radius 2 is 1.74 bits per heavy atom. The first kappa shape index (κ1) is 16.2. The molecule has 9 heteroatoms. The van der Waals surface area contributed by atoms with Crippen LogP contribution in [0.25, 0.3) is 0 Å². The maximum Gasteiger partial charge on any atom is 0.293 e. The van der Waals surface area contributed by atoms with E-state index in [1.54, 1.807) is 6.07 Å². The van der Waals surface area contributed by atoms with Crippen molar-refractivity contribution < 1.29 is 13.3 Å². The topological polar surface area (TPSA) is 87.0 Å². The van der Waals surface area contributed by atoms with Crippen molar-refractivity contribution in [3.05, 3.63) is 28.3 Å². The maximum absolute atomic E-state index is 12.7. The Labute approximate surface area is 135 Å². The zero-order valence-corrected chi connectivity index (χ0v) is 13.8. The van der Waals surface area contributed by atoms with Crippen LogP contribution in [0.1, 0.15) is 6.42 Å². The minimum atomic E-state index is -3.69. The second-order valence-electron chi connectivity index (χ2n) is 5.96. The molecule has 1 aromatic rings. The van der Waals surface area contributed by atoms with E-state index in [4.69, 9.17) is 0 Å². The van der Waals surface area contributed by atoms with Gasteiger partial charge in [0.2, 0.25) is 10.0 Å². The van der Waals surface area contributed by atoms with Gasteiger partial charge in [0.1, 0.15) is 5.69 Å². The molecule has 2 fully saturated rings. The number of anilines is 1. The van der Waals surface area contributed by atoms with Gasteiger partial charge in [-0.3, -0.25) is 10.1 Å². The van der Waals surface area contributed by atoms with Crippen molar-refractivity contribution in [1.29, 1.82) is 0 Å². The first-order chi connectivity index (χ1) is 10.9. The van der Waals surface area contributed by atoms with Gasteiger partial charge in [0.15, 0.2) is 0 Å². The molecule has 0 radical (unpaired) electrons. The summed E-state index contributed by atoms with van der Waals surface area (Å²) in [5.74, 6) is 0. The fraction of sp³-hybridized carbons (Fsp3) is 0.571. The Morgan fingerprint density at radius 1 is 1.09 bits per heavy atom. The highest BCUT2D eigenvalue weighted by Gasteiger charge is 2.31. The first-order valence-electron chi connectivity index (χ1n) is 7.62. The van der Waals surface area contributed by atoms with Crippen molar-refractivity contribution in [1.82, 2.24) is 9.21 Å². The molecule has 2 aliphatic heterocycles. The van der Waals surface area contributed by atoms with E-state index in [2.05, 4.69) is 4.90 Å². The molecule has 0 unspecified atom stereocenters. The molecule has 2 heterocycles. The highest BCUT2D eigenvalue weighted by Crippen LogP contribution is 2.34. The van der Waals surface area contributed by atoms with E-state index in [1.165, 1.54) is 16.4 Å². The van der Waals surface area contributed by atoms with Crippen molar-refractivity contribution in [2.45, 2.75) is 11.3 Å². The SMILES string of the molecule is CN1CCN(S(=O)(=O)c2ccc(N3CCC3)c([N+](=O)[O-])c2)CC1. The molecule has 0 spiro atoms. The number of hydrogen-bond acceptors (Lipinski definition) is 6. The molecule has 0 aliphatic carbocycles. The van der Waals surface area contributed by atoms with E-state index in [0.717, 1.165) is 19.5 Å². The first-order valence-corrected chi connectivity index (χ1v) is 9.06. The van der Waals surface area contributed by atoms with Gasteiger partial charge in [0.05, 0.1) is 9.82 Å². The molecule has 0 bridgehead atoms. The van der Waals surface area contributed by atoms with E-state index < -0.39 is 14.9 Å². The predicted molar refractivity (Wildman–Crippen MR) is 86.2 cm³/mol. The van der Waals surface area contributed by atoms with Crippen LogP contribution < -0.4 is 4.90 Å². The fourth-order valence-corrected chi connectivity index (χ4v) is 4.25. The van der Waals surface area contributed by atoms with Gasteiger partial charge < -0.3 is 9.80 Å². The molecule has 23 heavy (non-hydrogen) atoms. The van der Waals surface area contributed by atoms with Crippen molar-refractivity contribution in [3.8, 4) is 0 Å². The molecule has 2 saturated heterocycles. The Bertz CT molecular complexity index is 709. The molecule has 0 atom stereocenters. The molecule has 126 valence electrons. The summed E-state index contributed by atoms with van der Waals surface area (Å²) in [5.41, 5.74) is 0.360. The smallest absolute Gasteiger partial charge is 0.293 e. The summed E-state index contributed by atoms with van der Waals surface area (Å²) in [5, 5.41) is 11.3. The second-order valence-corrected chi connectivity index (χ2v) is 7.89. The number of piperazine rings is 1. The fourth-order valence-electron chi connectivity index (χ4n) is 2.81. The van der Waals surface area contributed by atoms with Gasteiger partial charge in [-0.2, -0.15) is 4.31 Å². The zero-order chi connectivity index (χ0) is 16.6. The lowest BCUT2D eigenvalue weighted by Crippen LogP contribution is -2.47. The third-order valence-electron chi connectivity index (χ3n) is 4.44. The van der Waals surface area contributed by atoms with Crippen LogP contribution in [-0.2, 0) is 10.0 Å². The molecule has 1 aromatic carbocycles. The lowest BCUT2D eigenvalue weighted by molar-refractivity contribution is -0.384. The highest BCUT2D eigenvalue weighted by atomic mass is 32.2. The molecule has 0 aromatic heterocycles. The third-order valence-corrected chi connectivity index (χ3v) is 6.33. The number of nitrogens with zero attached hydrogens (tertiary/aromatic N) is 4. The van der Waals surface area contributed by atoms with E-state index in [1.807, 2.05) is 11.9 Å². The van der Waals surface area contributed by atoms with Gasteiger partial charge in [-0.1, -0.05) is 0 Å². The number of hydrogen-bond donors (Lipinski definition) is 0. The Morgan fingerprint density at radius 3 is 2.26 bits per heavy atom. The Balaban J connectivity index is 1.93. The molecule has 0 saturated carbocycles. The molecular weight excluding hydrogens is 320 g/mol. The molecule has 3 rings (SSSR count). The summed E-state index contributed by atoms with van der Waals surface area (Å²) in [7, 11) is -1.75. The van der Waals surface area contributed by atoms with Crippen LogP contribution in [0.2, 0.25) is 0 Å². The minimum absolute atomic E-state index is 0.00183. The van der Waals surface area contributed by atoms with Gasteiger partial charge in [-0.15, -0.1) is 0 Å². The summed E-state index contributed by atoms with van der Waals surface area (Å²) in [4.78, 5) is 14.8. The average Bonchev–Trinajstić information content (AvgIpc) is 2.46. The standard InChI is InChI=1S/C14H20N4O4S/c1-15-7-9-17(10-8-15)23(21,22)12-3-4-13(16-5-2-6-16)14(11-12)18(19)20/h3-4,11H,2,5-10H2,1H3. The van der Waals surface area contributed by atoms with Crippen LogP contribution in [0.3, 0.4) is 0 Å². The molecule has 0 amide bonds. The zero-order valence-electron chi connectivity index (χ0n) is 13.0. The summed E-state index contributed by atoms with van der Waals surface area (Å²) in [6.45, 7) is 3.66. The van der Waals surface area contributed by atoms with Gasteiger partial charge >= 0.3 is 0 Å². The van der Waals surface area contributed by atoms with Crippen molar-refractivity contribution in [2.24, 2.45) is 0 Å². The van der Waals surface area contributed by atoms with Crippen LogP contribution >= 0.6 is 0 Å². The van der Waals surface area contributed by atoms with Crippen LogP contribution in [0, 0.1) is 10.1 Å². The summed E-state index contributed by atoms with van der Waals surface area (Å²) in [6.07, 6.45) is 0.999.